The van der Waals surface area contributed by atoms with Gasteiger partial charge in [0, 0.05) is 5.75 Å². The van der Waals surface area contributed by atoms with Gasteiger partial charge in [0.15, 0.2) is 0 Å². The van der Waals surface area contributed by atoms with Crippen molar-refractivity contribution in [2.45, 2.75) is 53.1 Å². The van der Waals surface area contributed by atoms with Crippen molar-refractivity contribution in [3.05, 3.63) is 0 Å². The van der Waals surface area contributed by atoms with Crippen LogP contribution in [-0.2, 0) is 9.53 Å². The van der Waals surface area contributed by atoms with E-state index in [2.05, 4.69) is 13.8 Å². The second-order valence-electron chi connectivity index (χ2n) is 4.92. The standard InChI is InChI=1S/C12H24O2S/c1-6-10(2)9-15-8-7-11(13)14-12(3,4)5/h10H,6-9H2,1-5H3. The highest BCUT2D eigenvalue weighted by Gasteiger charge is 2.15. The Morgan fingerprint density at radius 1 is 1.40 bits per heavy atom. The maximum absolute atomic E-state index is 11.3. The van der Waals surface area contributed by atoms with Crippen LogP contribution in [0.2, 0.25) is 0 Å². The Hall–Kier alpha value is -0.180. The molecular weight excluding hydrogens is 208 g/mol. The molecule has 1 unspecified atom stereocenters. The molecule has 0 bridgehead atoms. The van der Waals surface area contributed by atoms with Crippen molar-refractivity contribution in [3.63, 3.8) is 0 Å². The van der Waals surface area contributed by atoms with Crippen LogP contribution in [0, 0.1) is 5.92 Å². The summed E-state index contributed by atoms with van der Waals surface area (Å²) in [4.78, 5) is 11.3. The van der Waals surface area contributed by atoms with Gasteiger partial charge in [0.2, 0.25) is 0 Å². The summed E-state index contributed by atoms with van der Waals surface area (Å²) in [6, 6.07) is 0. The molecule has 0 aliphatic heterocycles. The molecule has 0 amide bonds. The molecule has 0 saturated carbocycles. The first kappa shape index (κ1) is 14.8. The predicted octanol–water partition coefficient (Wildman–Crippen LogP) is 3.50. The monoisotopic (exact) mass is 232 g/mol. The van der Waals surface area contributed by atoms with Crippen LogP contribution < -0.4 is 0 Å². The molecule has 0 aliphatic rings. The zero-order chi connectivity index (χ0) is 11.9. The van der Waals surface area contributed by atoms with E-state index in [0.29, 0.717) is 6.42 Å². The minimum absolute atomic E-state index is 0.0841. The molecule has 0 fully saturated rings. The van der Waals surface area contributed by atoms with Crippen LogP contribution in [0.4, 0.5) is 0 Å². The van der Waals surface area contributed by atoms with Gasteiger partial charge in [0.1, 0.15) is 5.60 Å². The number of ether oxygens (including phenoxy) is 1. The fourth-order valence-corrected chi connectivity index (χ4v) is 2.07. The van der Waals surface area contributed by atoms with Crippen molar-refractivity contribution >= 4 is 17.7 Å². The zero-order valence-electron chi connectivity index (χ0n) is 10.6. The van der Waals surface area contributed by atoms with Crippen LogP contribution in [0.5, 0.6) is 0 Å². The molecule has 0 aromatic carbocycles. The first-order valence-electron chi connectivity index (χ1n) is 5.64. The largest absolute Gasteiger partial charge is 0.460 e. The van der Waals surface area contributed by atoms with Crippen molar-refractivity contribution in [1.82, 2.24) is 0 Å². The van der Waals surface area contributed by atoms with E-state index < -0.39 is 0 Å². The summed E-state index contributed by atoms with van der Waals surface area (Å²) in [6.45, 7) is 10.1. The number of hydrogen-bond acceptors (Lipinski definition) is 3. The van der Waals surface area contributed by atoms with E-state index in [-0.39, 0.29) is 11.6 Å². The lowest BCUT2D eigenvalue weighted by Crippen LogP contribution is -2.24. The van der Waals surface area contributed by atoms with Gasteiger partial charge >= 0.3 is 5.97 Å². The summed E-state index contributed by atoms with van der Waals surface area (Å²) in [5, 5.41) is 0. The number of esters is 1. The van der Waals surface area contributed by atoms with E-state index in [0.717, 1.165) is 17.4 Å². The Morgan fingerprint density at radius 2 is 2.00 bits per heavy atom. The number of thioether (sulfide) groups is 1. The van der Waals surface area contributed by atoms with E-state index >= 15 is 0 Å². The molecule has 0 spiro atoms. The SMILES string of the molecule is CCC(C)CSCCC(=O)OC(C)(C)C. The minimum atomic E-state index is -0.349. The lowest BCUT2D eigenvalue weighted by atomic mass is 10.2. The summed E-state index contributed by atoms with van der Waals surface area (Å²) in [7, 11) is 0. The molecule has 0 N–H and O–H groups in total. The average molecular weight is 232 g/mol. The van der Waals surface area contributed by atoms with Crippen molar-refractivity contribution in [1.29, 1.82) is 0 Å². The van der Waals surface area contributed by atoms with Crippen molar-refractivity contribution in [2.75, 3.05) is 11.5 Å². The molecular formula is C12H24O2S. The van der Waals surface area contributed by atoms with Crippen LogP contribution in [0.3, 0.4) is 0 Å². The highest BCUT2D eigenvalue weighted by atomic mass is 32.2. The second-order valence-corrected chi connectivity index (χ2v) is 6.07. The topological polar surface area (TPSA) is 26.3 Å². The van der Waals surface area contributed by atoms with Gasteiger partial charge in [0.25, 0.3) is 0 Å². The van der Waals surface area contributed by atoms with E-state index in [4.69, 9.17) is 4.74 Å². The Morgan fingerprint density at radius 3 is 2.47 bits per heavy atom. The van der Waals surface area contributed by atoms with E-state index in [1.165, 1.54) is 6.42 Å². The van der Waals surface area contributed by atoms with Crippen LogP contribution in [0.1, 0.15) is 47.5 Å². The zero-order valence-corrected chi connectivity index (χ0v) is 11.4. The van der Waals surface area contributed by atoms with E-state index in [1.807, 2.05) is 32.5 Å². The first-order chi connectivity index (χ1) is 6.85. The van der Waals surface area contributed by atoms with Gasteiger partial charge in [0.05, 0.1) is 6.42 Å². The molecule has 1 atom stereocenters. The average Bonchev–Trinajstić information content (AvgIpc) is 2.09. The van der Waals surface area contributed by atoms with Crippen LogP contribution in [-0.4, -0.2) is 23.1 Å². The maximum atomic E-state index is 11.3. The fourth-order valence-electron chi connectivity index (χ4n) is 0.950. The Bertz CT molecular complexity index is 185. The van der Waals surface area contributed by atoms with Gasteiger partial charge in [-0.15, -0.1) is 0 Å². The van der Waals surface area contributed by atoms with Gasteiger partial charge in [-0.1, -0.05) is 20.3 Å². The lowest BCUT2D eigenvalue weighted by Gasteiger charge is -2.19. The van der Waals surface area contributed by atoms with Crippen LogP contribution in [0.25, 0.3) is 0 Å². The minimum Gasteiger partial charge on any atom is -0.460 e. The first-order valence-corrected chi connectivity index (χ1v) is 6.80. The van der Waals surface area contributed by atoms with Gasteiger partial charge in [-0.3, -0.25) is 4.79 Å². The summed E-state index contributed by atoms with van der Waals surface area (Å²) in [6.07, 6.45) is 1.73. The fraction of sp³-hybridized carbons (Fsp3) is 0.917. The second kappa shape index (κ2) is 7.15. The van der Waals surface area contributed by atoms with Crippen molar-refractivity contribution < 1.29 is 9.53 Å². The number of carbonyl (C=O) groups is 1. The number of hydrogen-bond donors (Lipinski definition) is 0. The lowest BCUT2D eigenvalue weighted by molar-refractivity contribution is -0.154. The molecule has 3 heteroatoms. The quantitative estimate of drug-likeness (QED) is 0.518. The molecule has 0 rings (SSSR count). The number of rotatable bonds is 6. The molecule has 15 heavy (non-hydrogen) atoms. The Balaban J connectivity index is 3.48. The molecule has 0 radical (unpaired) electrons. The maximum Gasteiger partial charge on any atom is 0.307 e. The van der Waals surface area contributed by atoms with Crippen LogP contribution >= 0.6 is 11.8 Å². The molecule has 0 saturated heterocycles. The third-order valence-corrected chi connectivity index (χ3v) is 3.27. The highest BCUT2D eigenvalue weighted by molar-refractivity contribution is 7.99. The van der Waals surface area contributed by atoms with E-state index in [1.54, 1.807) is 0 Å². The Kier molecular flexibility index (Phi) is 7.07. The van der Waals surface area contributed by atoms with Gasteiger partial charge in [-0.25, -0.2) is 0 Å². The highest BCUT2D eigenvalue weighted by Crippen LogP contribution is 2.14. The summed E-state index contributed by atoms with van der Waals surface area (Å²) in [5.74, 6) is 2.67. The number of carbonyl (C=O) groups excluding carboxylic acids is 1. The molecule has 0 aliphatic carbocycles. The van der Waals surface area contributed by atoms with Crippen molar-refractivity contribution in [3.8, 4) is 0 Å². The third-order valence-electron chi connectivity index (χ3n) is 1.97. The summed E-state index contributed by atoms with van der Waals surface area (Å²) in [5.41, 5.74) is -0.349. The summed E-state index contributed by atoms with van der Waals surface area (Å²) >= 11 is 1.84. The van der Waals surface area contributed by atoms with Gasteiger partial charge in [-0.05, 0) is 32.4 Å². The van der Waals surface area contributed by atoms with Crippen molar-refractivity contribution in [2.24, 2.45) is 5.92 Å². The molecule has 2 nitrogen and oxygen atoms in total. The molecule has 0 heterocycles. The van der Waals surface area contributed by atoms with Crippen LogP contribution in [0.15, 0.2) is 0 Å². The molecule has 0 aromatic heterocycles. The van der Waals surface area contributed by atoms with Gasteiger partial charge < -0.3 is 4.74 Å². The smallest absolute Gasteiger partial charge is 0.307 e. The van der Waals surface area contributed by atoms with Gasteiger partial charge in [-0.2, -0.15) is 11.8 Å². The van der Waals surface area contributed by atoms with E-state index in [9.17, 15) is 4.79 Å². The predicted molar refractivity (Wildman–Crippen MR) is 67.2 cm³/mol. The summed E-state index contributed by atoms with van der Waals surface area (Å²) < 4.78 is 5.22. The normalized spacial score (nSPS) is 13.7. The Labute approximate surface area is 98.2 Å². The molecule has 90 valence electrons. The molecule has 0 aromatic rings. The third kappa shape index (κ3) is 10.1.